The monoisotopic (exact) mass is 285 g/mol. The summed E-state index contributed by atoms with van der Waals surface area (Å²) in [5.74, 6) is 0.0589. The number of Topliss-reactive ketones (excluding diaryl/α,β-unsaturated/α-hetero) is 1. The number of hydrogen-bond donors (Lipinski definition) is 0. The minimum atomic E-state index is 0.0589. The minimum Gasteiger partial charge on any atom is -0.294 e. The average molecular weight is 286 g/mol. The quantitative estimate of drug-likeness (QED) is 0.811. The third kappa shape index (κ3) is 2.32. The average Bonchev–Trinajstić information content (AvgIpc) is 2.75. The van der Waals surface area contributed by atoms with Crippen LogP contribution in [0.2, 0.25) is 0 Å². The normalized spacial score (nSPS) is 10.5. The van der Waals surface area contributed by atoms with Gasteiger partial charge < -0.3 is 0 Å². The minimum absolute atomic E-state index is 0.0589. The SMILES string of the molecule is Cn1ncc(CC(=O)c2ccsc2Br)n1. The van der Waals surface area contributed by atoms with E-state index in [1.807, 2.05) is 11.4 Å². The van der Waals surface area contributed by atoms with Crippen LogP contribution in [-0.2, 0) is 13.5 Å². The van der Waals surface area contributed by atoms with Crippen molar-refractivity contribution < 1.29 is 4.79 Å². The Bertz CT molecular complexity index is 491. The van der Waals surface area contributed by atoms with E-state index in [0.717, 1.165) is 3.79 Å². The van der Waals surface area contributed by atoms with Crippen molar-refractivity contribution in [1.29, 1.82) is 0 Å². The highest BCUT2D eigenvalue weighted by Crippen LogP contribution is 2.24. The molecule has 4 nitrogen and oxygen atoms in total. The van der Waals surface area contributed by atoms with Gasteiger partial charge in [-0.15, -0.1) is 11.3 Å². The summed E-state index contributed by atoms with van der Waals surface area (Å²) in [6, 6.07) is 1.81. The Labute approximate surface area is 99.0 Å². The van der Waals surface area contributed by atoms with Gasteiger partial charge in [0.1, 0.15) is 0 Å². The molecule has 0 radical (unpaired) electrons. The maximum atomic E-state index is 11.8. The molecule has 0 spiro atoms. The van der Waals surface area contributed by atoms with Crippen molar-refractivity contribution in [3.8, 4) is 0 Å². The molecule has 2 aromatic heterocycles. The Morgan fingerprint density at radius 2 is 2.47 bits per heavy atom. The first-order valence-corrected chi connectivity index (χ1v) is 5.95. The Kier molecular flexibility index (Phi) is 2.97. The summed E-state index contributed by atoms with van der Waals surface area (Å²) in [6.07, 6.45) is 1.90. The van der Waals surface area contributed by atoms with E-state index in [0.29, 0.717) is 17.7 Å². The second-order valence-electron chi connectivity index (χ2n) is 3.03. The lowest BCUT2D eigenvalue weighted by Crippen LogP contribution is -2.04. The number of carbonyl (C=O) groups excluding carboxylic acids is 1. The molecule has 2 aromatic rings. The van der Waals surface area contributed by atoms with E-state index in [9.17, 15) is 4.79 Å². The van der Waals surface area contributed by atoms with Crippen LogP contribution in [0.5, 0.6) is 0 Å². The molecule has 0 aromatic carbocycles. The first-order valence-electron chi connectivity index (χ1n) is 4.28. The number of carbonyl (C=O) groups is 1. The van der Waals surface area contributed by atoms with Gasteiger partial charge in [0, 0.05) is 12.6 Å². The molecule has 6 heteroatoms. The lowest BCUT2D eigenvalue weighted by atomic mass is 10.1. The Balaban J connectivity index is 2.14. The predicted octanol–water partition coefficient (Wildman–Crippen LogP) is 2.06. The van der Waals surface area contributed by atoms with Crippen LogP contribution in [-0.4, -0.2) is 20.8 Å². The summed E-state index contributed by atoms with van der Waals surface area (Å²) in [6.45, 7) is 0. The van der Waals surface area contributed by atoms with Crippen LogP contribution in [0.1, 0.15) is 16.1 Å². The van der Waals surface area contributed by atoms with Crippen molar-refractivity contribution in [1.82, 2.24) is 15.0 Å². The van der Waals surface area contributed by atoms with Gasteiger partial charge in [-0.2, -0.15) is 15.0 Å². The van der Waals surface area contributed by atoms with Crippen LogP contribution in [0.4, 0.5) is 0 Å². The predicted molar refractivity (Wildman–Crippen MR) is 61.1 cm³/mol. The molecule has 0 atom stereocenters. The molecule has 15 heavy (non-hydrogen) atoms. The molecular formula is C9H8BrN3OS. The molecule has 0 amide bonds. The molecule has 0 N–H and O–H groups in total. The first-order chi connectivity index (χ1) is 7.16. The molecule has 0 bridgehead atoms. The van der Waals surface area contributed by atoms with Gasteiger partial charge >= 0.3 is 0 Å². The van der Waals surface area contributed by atoms with E-state index in [2.05, 4.69) is 26.1 Å². The van der Waals surface area contributed by atoms with Gasteiger partial charge in [-0.05, 0) is 27.4 Å². The van der Waals surface area contributed by atoms with Crippen molar-refractivity contribution in [3.63, 3.8) is 0 Å². The smallest absolute Gasteiger partial charge is 0.170 e. The molecule has 0 aliphatic heterocycles. The van der Waals surface area contributed by atoms with Crippen LogP contribution >= 0.6 is 27.3 Å². The van der Waals surface area contributed by atoms with Crippen LogP contribution < -0.4 is 0 Å². The number of aryl methyl sites for hydroxylation is 1. The number of ketones is 1. The number of nitrogens with zero attached hydrogens (tertiary/aromatic N) is 3. The van der Waals surface area contributed by atoms with E-state index in [1.165, 1.54) is 16.1 Å². The molecule has 2 rings (SSSR count). The van der Waals surface area contributed by atoms with E-state index in [4.69, 9.17) is 0 Å². The molecule has 0 saturated carbocycles. The largest absolute Gasteiger partial charge is 0.294 e. The van der Waals surface area contributed by atoms with Gasteiger partial charge in [-0.25, -0.2) is 0 Å². The Morgan fingerprint density at radius 3 is 3.00 bits per heavy atom. The fraction of sp³-hybridized carbons (Fsp3) is 0.222. The highest BCUT2D eigenvalue weighted by molar-refractivity contribution is 9.11. The second kappa shape index (κ2) is 4.24. The van der Waals surface area contributed by atoms with Crippen molar-refractivity contribution >= 4 is 33.0 Å². The summed E-state index contributed by atoms with van der Waals surface area (Å²) in [4.78, 5) is 13.3. The van der Waals surface area contributed by atoms with Crippen molar-refractivity contribution in [3.05, 3.63) is 32.7 Å². The molecule has 0 aliphatic carbocycles. The van der Waals surface area contributed by atoms with Crippen LogP contribution in [0.25, 0.3) is 0 Å². The summed E-state index contributed by atoms with van der Waals surface area (Å²) in [7, 11) is 1.73. The number of rotatable bonds is 3. The molecule has 0 aliphatic rings. The van der Waals surface area contributed by atoms with Gasteiger partial charge in [0.25, 0.3) is 0 Å². The van der Waals surface area contributed by atoms with E-state index in [1.54, 1.807) is 13.2 Å². The van der Waals surface area contributed by atoms with Crippen molar-refractivity contribution in [2.24, 2.45) is 7.05 Å². The molecule has 0 fully saturated rings. The van der Waals surface area contributed by atoms with Gasteiger partial charge in [-0.1, -0.05) is 0 Å². The zero-order valence-corrected chi connectivity index (χ0v) is 10.4. The Morgan fingerprint density at radius 1 is 1.67 bits per heavy atom. The third-order valence-corrected chi connectivity index (χ3v) is 3.59. The number of thiophene rings is 1. The van der Waals surface area contributed by atoms with Crippen LogP contribution in [0.3, 0.4) is 0 Å². The fourth-order valence-electron chi connectivity index (χ4n) is 1.22. The first kappa shape index (κ1) is 10.5. The second-order valence-corrected chi connectivity index (χ2v) is 5.27. The zero-order chi connectivity index (χ0) is 10.8. The van der Waals surface area contributed by atoms with Gasteiger partial charge in [0.2, 0.25) is 0 Å². The van der Waals surface area contributed by atoms with Crippen LogP contribution in [0, 0.1) is 0 Å². The third-order valence-electron chi connectivity index (χ3n) is 1.91. The molecule has 78 valence electrons. The number of aromatic nitrogens is 3. The summed E-state index contributed by atoms with van der Waals surface area (Å²) in [5.41, 5.74) is 1.41. The zero-order valence-electron chi connectivity index (χ0n) is 7.98. The summed E-state index contributed by atoms with van der Waals surface area (Å²) < 4.78 is 0.872. The highest BCUT2D eigenvalue weighted by Gasteiger charge is 2.13. The molecular weight excluding hydrogens is 278 g/mol. The number of hydrogen-bond acceptors (Lipinski definition) is 4. The topological polar surface area (TPSA) is 47.8 Å². The molecule has 0 saturated heterocycles. The maximum absolute atomic E-state index is 11.8. The lowest BCUT2D eigenvalue weighted by molar-refractivity contribution is 0.0991. The van der Waals surface area contributed by atoms with Gasteiger partial charge in [-0.3, -0.25) is 4.79 Å². The fourth-order valence-corrected chi connectivity index (χ4v) is 2.53. The summed E-state index contributed by atoms with van der Waals surface area (Å²) >= 11 is 4.84. The maximum Gasteiger partial charge on any atom is 0.170 e. The van der Waals surface area contributed by atoms with Gasteiger partial charge in [0.05, 0.1) is 22.1 Å². The number of halogens is 1. The summed E-state index contributed by atoms with van der Waals surface area (Å²) in [5, 5.41) is 9.86. The lowest BCUT2D eigenvalue weighted by Gasteiger charge is -1.95. The Hall–Kier alpha value is -1.01. The standard InChI is InChI=1S/C9H8BrN3OS/c1-13-11-5-6(12-13)4-8(14)7-2-3-15-9(7)10/h2-3,5H,4H2,1H3. The van der Waals surface area contributed by atoms with E-state index >= 15 is 0 Å². The highest BCUT2D eigenvalue weighted by atomic mass is 79.9. The van der Waals surface area contributed by atoms with Gasteiger partial charge in [0.15, 0.2) is 5.78 Å². The van der Waals surface area contributed by atoms with Crippen LogP contribution in [0.15, 0.2) is 21.4 Å². The van der Waals surface area contributed by atoms with Crippen molar-refractivity contribution in [2.75, 3.05) is 0 Å². The van der Waals surface area contributed by atoms with Crippen molar-refractivity contribution in [2.45, 2.75) is 6.42 Å². The molecule has 0 unspecified atom stereocenters. The van der Waals surface area contributed by atoms with E-state index in [-0.39, 0.29) is 5.78 Å². The molecule has 2 heterocycles. The van der Waals surface area contributed by atoms with E-state index < -0.39 is 0 Å².